The predicted octanol–water partition coefficient (Wildman–Crippen LogP) is 3.48. The van der Waals surface area contributed by atoms with E-state index in [0.717, 1.165) is 24.0 Å². The molecule has 1 unspecified atom stereocenters. The number of allylic oxidation sites excluding steroid dienone is 2. The number of anilines is 1. The maximum absolute atomic E-state index is 12.8. The number of pyridine rings is 1. The van der Waals surface area contributed by atoms with Crippen molar-refractivity contribution >= 4 is 19.4 Å². The minimum Gasteiger partial charge on any atom is -0.473 e. The quantitative estimate of drug-likeness (QED) is 0.202. The lowest BCUT2D eigenvalue weighted by atomic mass is 10.1. The monoisotopic (exact) mass is 483 g/mol. The van der Waals surface area contributed by atoms with Gasteiger partial charge in [0, 0.05) is 33.9 Å². The van der Waals surface area contributed by atoms with Gasteiger partial charge in [0.2, 0.25) is 0 Å². The number of aromatic nitrogens is 1. The molecule has 1 rings (SSSR count). The molecule has 0 radical (unpaired) electrons. The summed E-state index contributed by atoms with van der Waals surface area (Å²) in [6, 6.07) is 3.79. The lowest BCUT2D eigenvalue weighted by Crippen LogP contribution is -2.32. The summed E-state index contributed by atoms with van der Waals surface area (Å²) >= 11 is 0. The van der Waals surface area contributed by atoms with Crippen molar-refractivity contribution in [1.82, 2.24) is 10.3 Å². The number of halogens is 4. The average molecular weight is 484 g/mol. The second-order valence-electron chi connectivity index (χ2n) is 7.01. The first-order valence-electron chi connectivity index (χ1n) is 9.72. The number of hydrogen-bond donors (Lipinski definition) is 4. The minimum atomic E-state index is -4.27. The van der Waals surface area contributed by atoms with Gasteiger partial charge in [-0.2, -0.15) is 8.78 Å². The summed E-state index contributed by atoms with van der Waals surface area (Å²) in [6.45, 7) is 9.75. The van der Waals surface area contributed by atoms with Crippen LogP contribution in [0.4, 0.5) is 23.4 Å². The van der Waals surface area contributed by atoms with E-state index >= 15 is 0 Å². The largest absolute Gasteiger partial charge is 0.473 e. The third-order valence-corrected chi connectivity index (χ3v) is 3.80. The topological polar surface area (TPSA) is 132 Å². The maximum atomic E-state index is 12.8. The van der Waals surface area contributed by atoms with Gasteiger partial charge in [0.05, 0.1) is 0 Å². The Hall–Kier alpha value is -3.15. The normalized spacial score (nSPS) is 12.9. The van der Waals surface area contributed by atoms with E-state index in [1.54, 1.807) is 6.20 Å². The fourth-order valence-corrected chi connectivity index (χ4v) is 2.05. The van der Waals surface area contributed by atoms with Crippen LogP contribution in [-0.2, 0) is 14.3 Å². The zero-order valence-corrected chi connectivity index (χ0v) is 19.0. The van der Waals surface area contributed by atoms with Crippen LogP contribution in [0, 0.1) is 5.92 Å². The smallest absolute Gasteiger partial charge is 0.340 e. The van der Waals surface area contributed by atoms with E-state index in [1.165, 1.54) is 6.08 Å². The summed E-state index contributed by atoms with van der Waals surface area (Å²) in [6.07, 6.45) is 0.392. The van der Waals surface area contributed by atoms with Crippen LogP contribution >= 0.6 is 0 Å². The van der Waals surface area contributed by atoms with E-state index in [9.17, 15) is 17.6 Å². The van der Waals surface area contributed by atoms with E-state index in [2.05, 4.69) is 34.2 Å². The summed E-state index contributed by atoms with van der Waals surface area (Å²) in [5.41, 5.74) is 12.6. The molecule has 192 valence electrons. The van der Waals surface area contributed by atoms with Gasteiger partial charge >= 0.3 is 12.3 Å². The van der Waals surface area contributed by atoms with Crippen LogP contribution in [0.25, 0.3) is 0 Å². The van der Waals surface area contributed by atoms with E-state index in [1.807, 2.05) is 32.6 Å². The molecule has 0 aromatic carbocycles. The Bertz CT molecular complexity index is 743. The van der Waals surface area contributed by atoms with Gasteiger partial charge in [-0.3, -0.25) is 0 Å². The van der Waals surface area contributed by atoms with Crippen LogP contribution in [-0.4, -0.2) is 50.6 Å². The van der Waals surface area contributed by atoms with Crippen molar-refractivity contribution in [3.63, 3.8) is 0 Å². The summed E-state index contributed by atoms with van der Waals surface area (Å²) < 4.78 is 54.1. The molecule has 0 spiro atoms. The molecule has 0 aliphatic carbocycles. The van der Waals surface area contributed by atoms with E-state index in [-0.39, 0.29) is 15.4 Å². The van der Waals surface area contributed by atoms with Gasteiger partial charge in [0.25, 0.3) is 0 Å². The Morgan fingerprint density at radius 1 is 1.21 bits per heavy atom. The summed E-state index contributed by atoms with van der Waals surface area (Å²) in [5, 5.41) is 6.46. The molecule has 0 aliphatic rings. The zero-order chi connectivity index (χ0) is 26.0. The van der Waals surface area contributed by atoms with E-state index < -0.39 is 24.8 Å². The number of hydrogen-bond acceptors (Lipinski definition) is 8. The first-order valence-corrected chi connectivity index (χ1v) is 9.72. The molecule has 1 heterocycles. The maximum Gasteiger partial charge on any atom is 0.340 e. The molecule has 0 amide bonds. The molecule has 0 saturated heterocycles. The molecule has 33 heavy (non-hydrogen) atoms. The van der Waals surface area contributed by atoms with Gasteiger partial charge in [-0.15, -0.1) is 0 Å². The Labute approximate surface area is 194 Å². The number of nitrogens with two attached hydrogens (primary N) is 2. The van der Waals surface area contributed by atoms with Crippen LogP contribution < -0.4 is 22.1 Å². The molecule has 1 aromatic rings. The third-order valence-electron chi connectivity index (χ3n) is 3.80. The Balaban J connectivity index is -0.000000759. The molecule has 6 N–H and O–H groups in total. The van der Waals surface area contributed by atoms with E-state index in [0.29, 0.717) is 11.6 Å². The molecule has 0 bridgehead atoms. The van der Waals surface area contributed by atoms with Gasteiger partial charge in [0.15, 0.2) is 12.5 Å². The highest BCUT2D eigenvalue weighted by molar-refractivity contribution is 5.38. The van der Waals surface area contributed by atoms with Crippen molar-refractivity contribution in [2.24, 2.45) is 17.4 Å². The molecule has 1 aromatic heterocycles. The SMILES string of the molecule is C=O.C=O.CC(C)CNc1cc(C(C)NC/C(N)=C/C=C(\N)OCC(F)(F)C(F)F)ccn1.[HH].[HH]. The molecular formula is C21H37F4N5O3. The molecule has 8 nitrogen and oxygen atoms in total. The van der Waals surface area contributed by atoms with Crippen LogP contribution in [0.5, 0.6) is 0 Å². The van der Waals surface area contributed by atoms with Crippen LogP contribution in [0.1, 0.15) is 35.2 Å². The highest BCUT2D eigenvalue weighted by Crippen LogP contribution is 2.23. The van der Waals surface area contributed by atoms with Crippen LogP contribution in [0.2, 0.25) is 0 Å². The van der Waals surface area contributed by atoms with Crippen LogP contribution in [0.15, 0.2) is 42.1 Å². The number of ether oxygens (including phenoxy) is 1. The van der Waals surface area contributed by atoms with Gasteiger partial charge in [0.1, 0.15) is 19.4 Å². The first-order chi connectivity index (χ1) is 15.5. The number of rotatable bonds is 12. The first kappa shape index (κ1) is 32.0. The average Bonchev–Trinajstić information content (AvgIpc) is 2.81. The lowest BCUT2D eigenvalue weighted by molar-refractivity contribution is -0.158. The van der Waals surface area contributed by atoms with Crippen molar-refractivity contribution in [2.45, 2.75) is 39.2 Å². The van der Waals surface area contributed by atoms with Crippen molar-refractivity contribution in [3.05, 3.63) is 47.6 Å². The molecule has 0 aliphatic heterocycles. The molecule has 1 atom stereocenters. The number of nitrogens with one attached hydrogen (secondary N) is 2. The Morgan fingerprint density at radius 2 is 1.82 bits per heavy atom. The highest BCUT2D eigenvalue weighted by atomic mass is 19.3. The molecule has 0 saturated carbocycles. The van der Waals surface area contributed by atoms with Crippen molar-refractivity contribution in [2.75, 3.05) is 25.0 Å². The number of carbonyl (C=O) groups excluding carboxylic acids is 2. The van der Waals surface area contributed by atoms with Crippen molar-refractivity contribution in [1.29, 1.82) is 0 Å². The number of carbonyl (C=O) groups is 2. The second kappa shape index (κ2) is 17.4. The standard InChI is InChI=1S/C19H29F4N5O.2CH2O.2H2/c1-12(2)9-28-17-8-14(6-7-26-17)13(3)27-10-15(24)4-5-16(25)29-11-19(22,23)18(20)21;2*1-2;;/h4-8,12-13,18,27H,9-11,24-25H2,1-3H3,(H,26,28);2*1H2;2*1H/b15-4-,16-5+;;;;. The fourth-order valence-electron chi connectivity index (χ4n) is 2.05. The predicted molar refractivity (Wildman–Crippen MR) is 124 cm³/mol. The summed E-state index contributed by atoms with van der Waals surface area (Å²) in [7, 11) is 0. The summed E-state index contributed by atoms with van der Waals surface area (Å²) in [5.74, 6) is -3.43. The third kappa shape index (κ3) is 14.5. The zero-order valence-electron chi connectivity index (χ0n) is 19.0. The lowest BCUT2D eigenvalue weighted by Gasteiger charge is -2.16. The van der Waals surface area contributed by atoms with Gasteiger partial charge in [-0.1, -0.05) is 13.8 Å². The van der Waals surface area contributed by atoms with Gasteiger partial charge in [-0.25, -0.2) is 13.8 Å². The van der Waals surface area contributed by atoms with E-state index in [4.69, 9.17) is 21.1 Å². The second-order valence-corrected chi connectivity index (χ2v) is 7.01. The minimum absolute atomic E-state index is 0. The van der Waals surface area contributed by atoms with Crippen molar-refractivity contribution in [3.8, 4) is 0 Å². The van der Waals surface area contributed by atoms with Crippen LogP contribution in [0.3, 0.4) is 0 Å². The molecule has 12 heteroatoms. The highest BCUT2D eigenvalue weighted by Gasteiger charge is 2.41. The Morgan fingerprint density at radius 3 is 2.36 bits per heavy atom. The Kier molecular flexibility index (Phi) is 16.9. The van der Waals surface area contributed by atoms with Gasteiger partial charge < -0.3 is 36.4 Å². The van der Waals surface area contributed by atoms with Gasteiger partial charge in [-0.05, 0) is 42.7 Å². The summed E-state index contributed by atoms with van der Waals surface area (Å²) in [4.78, 5) is 20.3. The number of nitrogens with zero attached hydrogens (tertiary/aromatic N) is 1. The fraction of sp³-hybridized carbons (Fsp3) is 0.476. The van der Waals surface area contributed by atoms with Crippen molar-refractivity contribution < 1.29 is 34.7 Å². The number of alkyl halides is 4. The molecular weight excluding hydrogens is 446 g/mol. The molecule has 0 fully saturated rings.